The minimum Gasteiger partial charge on any atom is -0.480 e. The summed E-state index contributed by atoms with van der Waals surface area (Å²) in [6.45, 7) is -0.142. The number of carbonyl (C=O) groups excluding carboxylic acids is 1. The molecule has 1 aromatic heterocycles. The highest BCUT2D eigenvalue weighted by Crippen LogP contribution is 2.10. The van der Waals surface area contributed by atoms with Crippen LogP contribution in [-0.2, 0) is 17.9 Å². The van der Waals surface area contributed by atoms with E-state index in [-0.39, 0.29) is 11.5 Å². The van der Waals surface area contributed by atoms with Crippen LogP contribution in [0, 0.1) is 0 Å². The molecule has 0 spiro atoms. The number of carboxylic acid groups (broad SMARTS) is 1. The molecule has 0 aliphatic heterocycles. The largest absolute Gasteiger partial charge is 0.480 e. The van der Waals surface area contributed by atoms with E-state index in [9.17, 15) is 14.4 Å². The van der Waals surface area contributed by atoms with Gasteiger partial charge in [0.2, 0.25) is 0 Å². The number of aliphatic carboxylic acids is 1. The summed E-state index contributed by atoms with van der Waals surface area (Å²) in [6, 6.07) is 10.0. The first-order chi connectivity index (χ1) is 10.5. The predicted octanol–water partition coefficient (Wildman–Crippen LogP) is 1.63. The zero-order valence-electron chi connectivity index (χ0n) is 11.5. The minimum atomic E-state index is -1.14. The molecule has 1 aromatic carbocycles. The number of nitrogens with zero attached hydrogens (tertiary/aromatic N) is 1. The number of benzene rings is 1. The normalized spacial score (nSPS) is 10.2. The monoisotopic (exact) mass is 364 g/mol. The number of hydrogen-bond acceptors (Lipinski definition) is 3. The van der Waals surface area contributed by atoms with E-state index in [1.807, 2.05) is 24.3 Å². The molecular weight excluding hydrogens is 352 g/mol. The standard InChI is InChI=1S/C15H13BrN2O4/c16-12-4-1-10(2-5-12)7-17-15(22)11-3-6-13(19)18(8-11)9-14(20)21/h1-6,8H,7,9H2,(H,17,22)(H,20,21). The lowest BCUT2D eigenvalue weighted by Crippen LogP contribution is -2.27. The van der Waals surface area contributed by atoms with Gasteiger partial charge in [-0.25, -0.2) is 0 Å². The van der Waals surface area contributed by atoms with Crippen LogP contribution >= 0.6 is 15.9 Å². The molecule has 0 aliphatic rings. The molecule has 0 radical (unpaired) electrons. The number of hydrogen-bond donors (Lipinski definition) is 2. The molecule has 114 valence electrons. The highest BCUT2D eigenvalue weighted by molar-refractivity contribution is 9.10. The average molecular weight is 365 g/mol. The number of amides is 1. The summed E-state index contributed by atoms with van der Waals surface area (Å²) in [5, 5.41) is 11.4. The SMILES string of the molecule is O=C(O)Cn1cc(C(=O)NCc2ccc(Br)cc2)ccc1=O. The van der Waals surface area contributed by atoms with Crippen LogP contribution in [0.25, 0.3) is 0 Å². The zero-order chi connectivity index (χ0) is 16.1. The van der Waals surface area contributed by atoms with Crippen molar-refractivity contribution < 1.29 is 14.7 Å². The smallest absolute Gasteiger partial charge is 0.323 e. The van der Waals surface area contributed by atoms with Gasteiger partial charge >= 0.3 is 5.97 Å². The number of halogens is 1. The topological polar surface area (TPSA) is 88.4 Å². The van der Waals surface area contributed by atoms with Crippen LogP contribution in [0.2, 0.25) is 0 Å². The summed E-state index contributed by atoms with van der Waals surface area (Å²) in [5.74, 6) is -1.52. The van der Waals surface area contributed by atoms with Crippen molar-refractivity contribution in [3.63, 3.8) is 0 Å². The number of carbonyl (C=O) groups is 2. The van der Waals surface area contributed by atoms with E-state index in [1.165, 1.54) is 18.3 Å². The highest BCUT2D eigenvalue weighted by Gasteiger charge is 2.09. The number of carboxylic acids is 1. The summed E-state index contributed by atoms with van der Waals surface area (Å²) in [6.07, 6.45) is 1.24. The van der Waals surface area contributed by atoms with Crippen molar-refractivity contribution in [3.8, 4) is 0 Å². The fourth-order valence-electron chi connectivity index (χ4n) is 1.82. The summed E-state index contributed by atoms with van der Waals surface area (Å²) in [7, 11) is 0. The van der Waals surface area contributed by atoms with E-state index >= 15 is 0 Å². The summed E-state index contributed by atoms with van der Waals surface area (Å²) in [4.78, 5) is 34.2. The molecule has 2 N–H and O–H groups in total. The van der Waals surface area contributed by atoms with Crippen LogP contribution in [0.3, 0.4) is 0 Å². The lowest BCUT2D eigenvalue weighted by Gasteiger charge is -2.08. The van der Waals surface area contributed by atoms with E-state index in [4.69, 9.17) is 5.11 Å². The average Bonchev–Trinajstić information content (AvgIpc) is 2.48. The maximum Gasteiger partial charge on any atom is 0.323 e. The summed E-state index contributed by atoms with van der Waals surface area (Å²) in [5.41, 5.74) is 0.695. The quantitative estimate of drug-likeness (QED) is 0.843. The van der Waals surface area contributed by atoms with Gasteiger partial charge in [0.25, 0.3) is 11.5 Å². The van der Waals surface area contributed by atoms with Crippen molar-refractivity contribution >= 4 is 27.8 Å². The van der Waals surface area contributed by atoms with Gasteiger partial charge in [-0.05, 0) is 23.8 Å². The lowest BCUT2D eigenvalue weighted by molar-refractivity contribution is -0.137. The number of pyridine rings is 1. The van der Waals surface area contributed by atoms with Crippen molar-refractivity contribution in [2.24, 2.45) is 0 Å². The van der Waals surface area contributed by atoms with Gasteiger partial charge in [-0.3, -0.25) is 14.4 Å². The Morgan fingerprint density at radius 1 is 1.14 bits per heavy atom. The molecule has 1 amide bonds. The van der Waals surface area contributed by atoms with E-state index in [0.29, 0.717) is 6.54 Å². The van der Waals surface area contributed by atoms with Crippen molar-refractivity contribution in [1.82, 2.24) is 9.88 Å². The number of nitrogens with one attached hydrogen (secondary N) is 1. The van der Waals surface area contributed by atoms with Crippen LogP contribution in [0.15, 0.2) is 51.9 Å². The highest BCUT2D eigenvalue weighted by atomic mass is 79.9. The van der Waals surface area contributed by atoms with Gasteiger partial charge < -0.3 is 15.0 Å². The fraction of sp³-hybridized carbons (Fsp3) is 0.133. The molecule has 0 bridgehead atoms. The van der Waals surface area contributed by atoms with Gasteiger partial charge in [-0.15, -0.1) is 0 Å². The van der Waals surface area contributed by atoms with Crippen LogP contribution in [-0.4, -0.2) is 21.6 Å². The van der Waals surface area contributed by atoms with E-state index < -0.39 is 18.1 Å². The minimum absolute atomic E-state index is 0.234. The van der Waals surface area contributed by atoms with Gasteiger partial charge in [0.15, 0.2) is 0 Å². The first kappa shape index (κ1) is 16.0. The molecule has 0 aliphatic carbocycles. The third kappa shape index (κ3) is 4.29. The molecule has 6 nitrogen and oxygen atoms in total. The molecule has 0 atom stereocenters. The summed E-state index contributed by atoms with van der Waals surface area (Å²) < 4.78 is 1.93. The maximum atomic E-state index is 12.1. The molecule has 0 unspecified atom stereocenters. The maximum absolute atomic E-state index is 12.1. The van der Waals surface area contributed by atoms with E-state index in [1.54, 1.807) is 0 Å². The third-order valence-electron chi connectivity index (χ3n) is 2.92. The Balaban J connectivity index is 2.07. The van der Waals surface area contributed by atoms with E-state index in [2.05, 4.69) is 21.2 Å². The van der Waals surface area contributed by atoms with E-state index in [0.717, 1.165) is 14.6 Å². The van der Waals surface area contributed by atoms with Crippen molar-refractivity contribution in [1.29, 1.82) is 0 Å². The van der Waals surface area contributed by atoms with Crippen LogP contribution < -0.4 is 10.9 Å². The Morgan fingerprint density at radius 3 is 2.45 bits per heavy atom. The molecule has 0 saturated heterocycles. The van der Waals surface area contributed by atoms with Crippen LogP contribution in [0.1, 0.15) is 15.9 Å². The summed E-state index contributed by atoms with van der Waals surface area (Å²) >= 11 is 3.33. The van der Waals surface area contributed by atoms with Crippen molar-refractivity contribution in [2.75, 3.05) is 0 Å². The zero-order valence-corrected chi connectivity index (χ0v) is 13.0. The van der Waals surface area contributed by atoms with Gasteiger partial charge in [0.1, 0.15) is 6.54 Å². The molecule has 0 saturated carbocycles. The van der Waals surface area contributed by atoms with Gasteiger partial charge in [-0.1, -0.05) is 28.1 Å². The van der Waals surface area contributed by atoms with Crippen LogP contribution in [0.4, 0.5) is 0 Å². The first-order valence-electron chi connectivity index (χ1n) is 6.40. The first-order valence-corrected chi connectivity index (χ1v) is 7.20. The fourth-order valence-corrected chi connectivity index (χ4v) is 2.09. The number of aromatic nitrogens is 1. The second kappa shape index (κ2) is 7.04. The molecular formula is C15H13BrN2O4. The molecule has 7 heteroatoms. The molecule has 2 aromatic rings. The van der Waals surface area contributed by atoms with Crippen LogP contribution in [0.5, 0.6) is 0 Å². The Morgan fingerprint density at radius 2 is 1.82 bits per heavy atom. The molecule has 2 rings (SSSR count). The lowest BCUT2D eigenvalue weighted by atomic mass is 10.2. The third-order valence-corrected chi connectivity index (χ3v) is 3.45. The molecule has 22 heavy (non-hydrogen) atoms. The second-order valence-corrected chi connectivity index (χ2v) is 5.50. The van der Waals surface area contributed by atoms with Gasteiger partial charge in [0.05, 0.1) is 5.56 Å². The Kier molecular flexibility index (Phi) is 5.11. The Hall–Kier alpha value is -2.41. The molecule has 0 fully saturated rings. The molecule has 1 heterocycles. The predicted molar refractivity (Wildman–Crippen MR) is 83.7 cm³/mol. The van der Waals surface area contributed by atoms with Crippen molar-refractivity contribution in [3.05, 3.63) is 68.5 Å². The van der Waals surface area contributed by atoms with Gasteiger partial charge in [0, 0.05) is 23.3 Å². The Bertz CT molecular complexity index is 753. The Labute approximate surface area is 134 Å². The van der Waals surface area contributed by atoms with Gasteiger partial charge in [-0.2, -0.15) is 0 Å². The second-order valence-electron chi connectivity index (χ2n) is 4.59. The van der Waals surface area contributed by atoms with Crippen molar-refractivity contribution in [2.45, 2.75) is 13.1 Å². The number of rotatable bonds is 5.